The number of likely N-dealkylation sites (N-methyl/N-ethyl adjacent to an activating group) is 1. The Labute approximate surface area is 126 Å². The molecule has 21 heavy (non-hydrogen) atoms. The summed E-state index contributed by atoms with van der Waals surface area (Å²) in [5, 5.41) is 2.97. The van der Waals surface area contributed by atoms with Crippen LogP contribution in [0.1, 0.15) is 16.7 Å². The van der Waals surface area contributed by atoms with E-state index in [2.05, 4.69) is 23.5 Å². The lowest BCUT2D eigenvalue weighted by Gasteiger charge is -2.17. The summed E-state index contributed by atoms with van der Waals surface area (Å²) in [4.78, 5) is 14.1. The molecule has 0 saturated heterocycles. The highest BCUT2D eigenvalue weighted by molar-refractivity contribution is 5.92. The van der Waals surface area contributed by atoms with Crippen molar-refractivity contribution < 1.29 is 4.79 Å². The molecule has 0 fully saturated rings. The van der Waals surface area contributed by atoms with Gasteiger partial charge < -0.3 is 5.32 Å². The Kier molecular flexibility index (Phi) is 5.12. The quantitative estimate of drug-likeness (QED) is 0.912. The van der Waals surface area contributed by atoms with Gasteiger partial charge in [0.1, 0.15) is 0 Å². The lowest BCUT2D eigenvalue weighted by molar-refractivity contribution is -0.117. The molecule has 1 N–H and O–H groups in total. The molecule has 110 valence electrons. The summed E-state index contributed by atoms with van der Waals surface area (Å²) in [6, 6.07) is 16.2. The van der Waals surface area contributed by atoms with E-state index in [0.717, 1.165) is 17.8 Å². The number of amides is 1. The van der Waals surface area contributed by atoms with Gasteiger partial charge in [0.25, 0.3) is 0 Å². The van der Waals surface area contributed by atoms with Crippen molar-refractivity contribution in [3.05, 3.63) is 65.2 Å². The molecule has 2 aromatic carbocycles. The normalized spacial score (nSPS) is 10.7. The fourth-order valence-corrected chi connectivity index (χ4v) is 2.34. The first-order valence-corrected chi connectivity index (χ1v) is 7.14. The molecule has 0 aliphatic carbocycles. The van der Waals surface area contributed by atoms with E-state index >= 15 is 0 Å². The monoisotopic (exact) mass is 282 g/mol. The largest absolute Gasteiger partial charge is 0.325 e. The fraction of sp³-hybridized carbons (Fsp3) is 0.278. The van der Waals surface area contributed by atoms with Gasteiger partial charge in [0, 0.05) is 12.2 Å². The molecule has 0 saturated carbocycles. The zero-order valence-electron chi connectivity index (χ0n) is 12.9. The van der Waals surface area contributed by atoms with Gasteiger partial charge in [-0.3, -0.25) is 9.69 Å². The van der Waals surface area contributed by atoms with Crippen LogP contribution in [-0.4, -0.2) is 24.4 Å². The summed E-state index contributed by atoms with van der Waals surface area (Å²) in [7, 11) is 1.95. The van der Waals surface area contributed by atoms with E-state index in [4.69, 9.17) is 0 Å². The first-order chi connectivity index (χ1) is 10.0. The Hall–Kier alpha value is -2.13. The maximum atomic E-state index is 12.1. The molecule has 0 aliphatic heterocycles. The number of carbonyl (C=O) groups is 1. The Morgan fingerprint density at radius 2 is 1.81 bits per heavy atom. The molecule has 0 radical (unpaired) electrons. The number of benzene rings is 2. The number of hydrogen-bond donors (Lipinski definition) is 1. The Balaban J connectivity index is 1.89. The minimum atomic E-state index is 0.0142. The van der Waals surface area contributed by atoms with Gasteiger partial charge in [0.05, 0.1) is 6.54 Å². The van der Waals surface area contributed by atoms with Crippen LogP contribution in [0, 0.1) is 13.8 Å². The van der Waals surface area contributed by atoms with Crippen molar-refractivity contribution in [1.82, 2.24) is 4.90 Å². The molecule has 2 aromatic rings. The minimum Gasteiger partial charge on any atom is -0.325 e. The molecule has 0 heterocycles. The van der Waals surface area contributed by atoms with Crippen molar-refractivity contribution in [1.29, 1.82) is 0 Å². The number of hydrogen-bond acceptors (Lipinski definition) is 2. The standard InChI is InChI=1S/C18H22N2O/c1-14-9-10-17(15(2)11-14)19-18(21)13-20(3)12-16-7-5-4-6-8-16/h4-11H,12-13H2,1-3H3,(H,19,21). The molecule has 0 unspecified atom stereocenters. The van der Waals surface area contributed by atoms with Gasteiger partial charge in [-0.2, -0.15) is 0 Å². The molecule has 3 heteroatoms. The van der Waals surface area contributed by atoms with Crippen LogP contribution in [-0.2, 0) is 11.3 Å². The summed E-state index contributed by atoms with van der Waals surface area (Å²) in [5.74, 6) is 0.0142. The molecular weight excluding hydrogens is 260 g/mol. The SMILES string of the molecule is Cc1ccc(NC(=O)CN(C)Cc2ccccc2)c(C)c1. The van der Waals surface area contributed by atoms with E-state index in [0.29, 0.717) is 6.54 Å². The maximum absolute atomic E-state index is 12.1. The minimum absolute atomic E-state index is 0.0142. The predicted molar refractivity (Wildman–Crippen MR) is 87.3 cm³/mol. The number of carbonyl (C=O) groups excluding carboxylic acids is 1. The summed E-state index contributed by atoms with van der Waals surface area (Å²) in [6.45, 7) is 5.20. The molecule has 0 bridgehead atoms. The van der Waals surface area contributed by atoms with E-state index in [-0.39, 0.29) is 5.91 Å². The van der Waals surface area contributed by atoms with Crippen LogP contribution < -0.4 is 5.32 Å². The van der Waals surface area contributed by atoms with Gasteiger partial charge in [-0.1, -0.05) is 48.0 Å². The van der Waals surface area contributed by atoms with Crippen LogP contribution in [0.3, 0.4) is 0 Å². The van der Waals surface area contributed by atoms with Gasteiger partial charge in [0.2, 0.25) is 5.91 Å². The Morgan fingerprint density at radius 1 is 1.10 bits per heavy atom. The Morgan fingerprint density at radius 3 is 2.48 bits per heavy atom. The summed E-state index contributed by atoms with van der Waals surface area (Å²) >= 11 is 0. The Bertz CT molecular complexity index is 608. The van der Waals surface area contributed by atoms with Crippen molar-refractivity contribution in [2.45, 2.75) is 20.4 Å². The molecule has 0 atom stereocenters. The molecule has 1 amide bonds. The van der Waals surface area contributed by atoms with Crippen molar-refractivity contribution in [2.75, 3.05) is 18.9 Å². The van der Waals surface area contributed by atoms with Gasteiger partial charge in [0.15, 0.2) is 0 Å². The van der Waals surface area contributed by atoms with E-state index < -0.39 is 0 Å². The van der Waals surface area contributed by atoms with Crippen molar-refractivity contribution in [3.63, 3.8) is 0 Å². The highest BCUT2D eigenvalue weighted by atomic mass is 16.2. The molecule has 0 spiro atoms. The molecule has 2 rings (SSSR count). The van der Waals surface area contributed by atoms with Gasteiger partial charge >= 0.3 is 0 Å². The third kappa shape index (κ3) is 4.72. The van der Waals surface area contributed by atoms with Crippen LogP contribution in [0.5, 0.6) is 0 Å². The molecule has 0 aliphatic rings. The predicted octanol–water partition coefficient (Wildman–Crippen LogP) is 3.37. The lowest BCUT2D eigenvalue weighted by atomic mass is 10.1. The van der Waals surface area contributed by atoms with Crippen molar-refractivity contribution >= 4 is 11.6 Å². The average molecular weight is 282 g/mol. The van der Waals surface area contributed by atoms with E-state index in [1.807, 2.05) is 56.1 Å². The second kappa shape index (κ2) is 7.04. The van der Waals surface area contributed by atoms with Crippen LogP contribution in [0.25, 0.3) is 0 Å². The smallest absolute Gasteiger partial charge is 0.238 e. The lowest BCUT2D eigenvalue weighted by Crippen LogP contribution is -2.30. The highest BCUT2D eigenvalue weighted by Gasteiger charge is 2.08. The first kappa shape index (κ1) is 15.3. The summed E-state index contributed by atoms with van der Waals surface area (Å²) in [5.41, 5.74) is 4.39. The molecule has 3 nitrogen and oxygen atoms in total. The second-order valence-electron chi connectivity index (χ2n) is 5.52. The van der Waals surface area contributed by atoms with Gasteiger partial charge in [-0.15, -0.1) is 0 Å². The van der Waals surface area contributed by atoms with Gasteiger partial charge in [-0.05, 0) is 38.1 Å². The molecular formula is C18H22N2O. The summed E-state index contributed by atoms with van der Waals surface area (Å²) < 4.78 is 0. The number of rotatable bonds is 5. The van der Waals surface area contributed by atoms with Crippen LogP contribution >= 0.6 is 0 Å². The highest BCUT2D eigenvalue weighted by Crippen LogP contribution is 2.15. The zero-order valence-corrected chi connectivity index (χ0v) is 12.9. The number of anilines is 1. The zero-order chi connectivity index (χ0) is 15.2. The third-order valence-electron chi connectivity index (χ3n) is 3.36. The van der Waals surface area contributed by atoms with Gasteiger partial charge in [-0.25, -0.2) is 0 Å². The maximum Gasteiger partial charge on any atom is 0.238 e. The second-order valence-corrected chi connectivity index (χ2v) is 5.52. The summed E-state index contributed by atoms with van der Waals surface area (Å²) in [6.07, 6.45) is 0. The number of nitrogens with one attached hydrogen (secondary N) is 1. The topological polar surface area (TPSA) is 32.3 Å². The number of aryl methyl sites for hydroxylation is 2. The van der Waals surface area contributed by atoms with E-state index in [1.165, 1.54) is 11.1 Å². The fourth-order valence-electron chi connectivity index (χ4n) is 2.34. The molecule has 0 aromatic heterocycles. The van der Waals surface area contributed by atoms with Crippen molar-refractivity contribution in [2.24, 2.45) is 0 Å². The van der Waals surface area contributed by atoms with Crippen LogP contribution in [0.2, 0.25) is 0 Å². The average Bonchev–Trinajstić information content (AvgIpc) is 2.43. The van der Waals surface area contributed by atoms with Crippen LogP contribution in [0.4, 0.5) is 5.69 Å². The van der Waals surface area contributed by atoms with Crippen LogP contribution in [0.15, 0.2) is 48.5 Å². The van der Waals surface area contributed by atoms with E-state index in [9.17, 15) is 4.79 Å². The number of nitrogens with zero attached hydrogens (tertiary/aromatic N) is 1. The van der Waals surface area contributed by atoms with E-state index in [1.54, 1.807) is 0 Å². The third-order valence-corrected chi connectivity index (χ3v) is 3.36. The van der Waals surface area contributed by atoms with Crippen molar-refractivity contribution in [3.8, 4) is 0 Å². The first-order valence-electron chi connectivity index (χ1n) is 7.14.